The van der Waals surface area contributed by atoms with Gasteiger partial charge in [-0.1, -0.05) is 12.1 Å². The molecule has 9 heteroatoms. The van der Waals surface area contributed by atoms with Crippen molar-refractivity contribution >= 4 is 21.4 Å². The van der Waals surface area contributed by atoms with Crippen LogP contribution in [0.5, 0.6) is 11.6 Å². The first kappa shape index (κ1) is 19.7. The molecule has 0 aliphatic rings. The monoisotopic (exact) mass is 424 g/mol. The molecular formula is C21H20N4O4S. The number of aromatic nitrogens is 3. The lowest BCUT2D eigenvalue weighted by molar-refractivity contribution is 0.340. The van der Waals surface area contributed by atoms with Gasteiger partial charge in [0.05, 0.1) is 30.5 Å². The molecule has 0 aliphatic carbocycles. The van der Waals surface area contributed by atoms with Gasteiger partial charge >= 0.3 is 0 Å². The highest BCUT2D eigenvalue weighted by molar-refractivity contribution is 7.92. The molecule has 0 saturated heterocycles. The van der Waals surface area contributed by atoms with Gasteiger partial charge in [0.15, 0.2) is 5.65 Å². The number of fused-ring (bicyclic) bond motifs is 1. The number of hydrogen-bond donors (Lipinski definition) is 1. The average molecular weight is 424 g/mol. The first-order valence-corrected chi connectivity index (χ1v) is 10.7. The molecule has 2 aromatic carbocycles. The first-order valence-electron chi connectivity index (χ1n) is 9.25. The van der Waals surface area contributed by atoms with Crippen LogP contribution in [0, 0.1) is 0 Å². The summed E-state index contributed by atoms with van der Waals surface area (Å²) in [6.07, 6.45) is 1.79. The second-order valence-electron chi connectivity index (χ2n) is 6.39. The first-order chi connectivity index (χ1) is 14.5. The average Bonchev–Trinajstić information content (AvgIpc) is 3.18. The van der Waals surface area contributed by atoms with E-state index in [9.17, 15) is 8.42 Å². The van der Waals surface area contributed by atoms with Crippen LogP contribution in [0.15, 0.2) is 71.8 Å². The van der Waals surface area contributed by atoms with E-state index in [1.54, 1.807) is 60.3 Å². The standard InChI is InChI=1S/C21H20N4O4S/c1-3-29-17-8-10-18(11-9-17)30(26,27)24-16-6-4-15(5-7-16)19-14-25-20(22-19)12-13-21(23-25)28-2/h4-14,24H,3H2,1-2H3. The molecule has 154 valence electrons. The second kappa shape index (κ2) is 8.03. The van der Waals surface area contributed by atoms with Crippen molar-refractivity contribution in [1.82, 2.24) is 14.6 Å². The number of nitrogens with zero attached hydrogens (tertiary/aromatic N) is 3. The van der Waals surface area contributed by atoms with Gasteiger partial charge in [0.2, 0.25) is 5.88 Å². The SMILES string of the molecule is CCOc1ccc(S(=O)(=O)Nc2ccc(-c3cn4nc(OC)ccc4n3)cc2)cc1. The van der Waals surface area contributed by atoms with Crippen molar-refractivity contribution in [3.05, 3.63) is 66.9 Å². The summed E-state index contributed by atoms with van der Waals surface area (Å²) in [4.78, 5) is 4.69. The van der Waals surface area contributed by atoms with E-state index in [1.165, 1.54) is 12.1 Å². The number of imidazole rings is 1. The Bertz CT molecular complexity index is 1270. The zero-order valence-electron chi connectivity index (χ0n) is 16.4. The third kappa shape index (κ3) is 4.06. The molecule has 0 bridgehead atoms. The van der Waals surface area contributed by atoms with E-state index in [-0.39, 0.29) is 4.90 Å². The fourth-order valence-corrected chi connectivity index (χ4v) is 3.98. The number of benzene rings is 2. The van der Waals surface area contributed by atoms with Crippen molar-refractivity contribution in [2.45, 2.75) is 11.8 Å². The van der Waals surface area contributed by atoms with Crippen molar-refractivity contribution in [2.75, 3.05) is 18.4 Å². The van der Waals surface area contributed by atoms with Crippen molar-refractivity contribution in [2.24, 2.45) is 0 Å². The van der Waals surface area contributed by atoms with Crippen LogP contribution in [0.1, 0.15) is 6.92 Å². The summed E-state index contributed by atoms with van der Waals surface area (Å²) >= 11 is 0. The Labute approximate surface area is 174 Å². The number of anilines is 1. The van der Waals surface area contributed by atoms with E-state index >= 15 is 0 Å². The van der Waals surface area contributed by atoms with Crippen LogP contribution >= 0.6 is 0 Å². The maximum atomic E-state index is 12.6. The van der Waals surface area contributed by atoms with Crippen LogP contribution in [-0.4, -0.2) is 36.7 Å². The lowest BCUT2D eigenvalue weighted by Crippen LogP contribution is -2.12. The Morgan fingerprint density at radius 3 is 2.40 bits per heavy atom. The van der Waals surface area contributed by atoms with Crippen LogP contribution in [0.2, 0.25) is 0 Å². The third-order valence-electron chi connectivity index (χ3n) is 4.38. The Balaban J connectivity index is 1.53. The normalized spacial score (nSPS) is 11.4. The van der Waals surface area contributed by atoms with Crippen LogP contribution in [0.3, 0.4) is 0 Å². The molecule has 0 aliphatic heterocycles. The molecule has 2 heterocycles. The zero-order chi connectivity index (χ0) is 21.1. The minimum atomic E-state index is -3.70. The van der Waals surface area contributed by atoms with Crippen LogP contribution in [0.25, 0.3) is 16.9 Å². The third-order valence-corrected chi connectivity index (χ3v) is 5.78. The lowest BCUT2D eigenvalue weighted by Gasteiger charge is -2.09. The molecule has 0 spiro atoms. The van der Waals surface area contributed by atoms with E-state index in [0.717, 1.165) is 11.3 Å². The highest BCUT2D eigenvalue weighted by Gasteiger charge is 2.14. The van der Waals surface area contributed by atoms with Crippen molar-refractivity contribution in [1.29, 1.82) is 0 Å². The largest absolute Gasteiger partial charge is 0.494 e. The van der Waals surface area contributed by atoms with E-state index in [2.05, 4.69) is 14.8 Å². The van der Waals surface area contributed by atoms with E-state index in [4.69, 9.17) is 9.47 Å². The molecular weight excluding hydrogens is 404 g/mol. The molecule has 1 N–H and O–H groups in total. The van der Waals surface area contributed by atoms with Crippen molar-refractivity contribution in [3.8, 4) is 22.9 Å². The van der Waals surface area contributed by atoms with Gasteiger partial charge in [-0.05, 0) is 49.4 Å². The number of ether oxygens (including phenoxy) is 2. The number of hydrogen-bond acceptors (Lipinski definition) is 6. The molecule has 0 radical (unpaired) electrons. The van der Waals surface area contributed by atoms with Gasteiger partial charge in [0, 0.05) is 17.3 Å². The summed E-state index contributed by atoms with van der Waals surface area (Å²) in [6, 6.07) is 16.8. The molecule has 0 fully saturated rings. The summed E-state index contributed by atoms with van der Waals surface area (Å²) < 4.78 is 39.9. The van der Waals surface area contributed by atoms with E-state index in [1.807, 2.05) is 13.0 Å². The lowest BCUT2D eigenvalue weighted by atomic mass is 10.1. The van der Waals surface area contributed by atoms with Crippen molar-refractivity contribution < 1.29 is 17.9 Å². The maximum Gasteiger partial charge on any atom is 0.261 e. The van der Waals surface area contributed by atoms with Gasteiger partial charge in [0.25, 0.3) is 10.0 Å². The molecule has 4 aromatic rings. The summed E-state index contributed by atoms with van der Waals surface area (Å²) in [6.45, 7) is 2.39. The molecule has 30 heavy (non-hydrogen) atoms. The molecule has 8 nitrogen and oxygen atoms in total. The van der Waals surface area contributed by atoms with Gasteiger partial charge in [-0.15, -0.1) is 5.10 Å². The number of sulfonamides is 1. The summed E-state index contributed by atoms with van der Waals surface area (Å²) in [5.41, 5.74) is 2.70. The molecule has 0 amide bonds. The zero-order valence-corrected chi connectivity index (χ0v) is 17.3. The summed E-state index contributed by atoms with van der Waals surface area (Å²) in [7, 11) is -2.15. The molecule has 2 aromatic heterocycles. The van der Waals surface area contributed by atoms with Crippen LogP contribution in [-0.2, 0) is 10.0 Å². The topological polar surface area (TPSA) is 94.8 Å². The van der Waals surface area contributed by atoms with E-state index in [0.29, 0.717) is 29.6 Å². The predicted octanol–water partition coefficient (Wildman–Crippen LogP) is 3.60. The van der Waals surface area contributed by atoms with Gasteiger partial charge in [-0.2, -0.15) is 0 Å². The number of methoxy groups -OCH3 is 1. The van der Waals surface area contributed by atoms with Crippen molar-refractivity contribution in [3.63, 3.8) is 0 Å². The van der Waals surface area contributed by atoms with E-state index < -0.39 is 10.0 Å². The summed E-state index contributed by atoms with van der Waals surface area (Å²) in [5.74, 6) is 1.12. The maximum absolute atomic E-state index is 12.6. The van der Waals surface area contributed by atoms with Gasteiger partial charge in [-0.3, -0.25) is 4.72 Å². The Kier molecular flexibility index (Phi) is 5.28. The summed E-state index contributed by atoms with van der Waals surface area (Å²) in [5, 5.41) is 4.29. The smallest absolute Gasteiger partial charge is 0.261 e. The minimum absolute atomic E-state index is 0.162. The van der Waals surface area contributed by atoms with Crippen LogP contribution < -0.4 is 14.2 Å². The molecule has 0 unspecified atom stereocenters. The molecule has 0 saturated carbocycles. The number of rotatable bonds is 7. The second-order valence-corrected chi connectivity index (χ2v) is 8.07. The quantitative estimate of drug-likeness (QED) is 0.487. The van der Waals surface area contributed by atoms with Crippen LogP contribution in [0.4, 0.5) is 5.69 Å². The fraction of sp³-hybridized carbons (Fsp3) is 0.143. The minimum Gasteiger partial charge on any atom is -0.494 e. The number of nitrogens with one attached hydrogen (secondary N) is 1. The Morgan fingerprint density at radius 2 is 1.73 bits per heavy atom. The Morgan fingerprint density at radius 1 is 1.00 bits per heavy atom. The Hall–Kier alpha value is -3.59. The molecule has 4 rings (SSSR count). The highest BCUT2D eigenvalue weighted by atomic mass is 32.2. The molecule has 0 atom stereocenters. The fourth-order valence-electron chi connectivity index (χ4n) is 2.92. The predicted molar refractivity (Wildman–Crippen MR) is 113 cm³/mol. The van der Waals surface area contributed by atoms with Gasteiger partial charge in [0.1, 0.15) is 5.75 Å². The van der Waals surface area contributed by atoms with Gasteiger partial charge < -0.3 is 9.47 Å². The van der Waals surface area contributed by atoms with Gasteiger partial charge in [-0.25, -0.2) is 17.9 Å². The highest BCUT2D eigenvalue weighted by Crippen LogP contribution is 2.24.